The SMILES string of the molecule is CC(C)(O)c1ccnc(OC2CCC(N3CC(CC#N)(n4cc(-c5ncnc6[nH]ccc56)cn4)C3)CC2)c1. The second kappa shape index (κ2) is 9.49. The van der Waals surface area contributed by atoms with Crippen molar-refractivity contribution in [3.05, 3.63) is 54.9 Å². The monoisotopic (exact) mass is 512 g/mol. The predicted molar refractivity (Wildman–Crippen MR) is 141 cm³/mol. The Bertz CT molecular complexity index is 1470. The number of H-pyrrole nitrogens is 1. The van der Waals surface area contributed by atoms with E-state index >= 15 is 0 Å². The Morgan fingerprint density at radius 2 is 2.00 bits per heavy atom. The Hall–Kier alpha value is -3.81. The van der Waals surface area contributed by atoms with Crippen LogP contribution in [0.25, 0.3) is 22.3 Å². The minimum Gasteiger partial charge on any atom is -0.474 e. The summed E-state index contributed by atoms with van der Waals surface area (Å²) in [5.41, 5.74) is 2.10. The molecule has 2 N–H and O–H groups in total. The molecule has 0 radical (unpaired) electrons. The summed E-state index contributed by atoms with van der Waals surface area (Å²) in [4.78, 5) is 18.7. The molecule has 1 aliphatic carbocycles. The van der Waals surface area contributed by atoms with E-state index in [2.05, 4.69) is 36.0 Å². The number of aliphatic hydroxyl groups is 1. The van der Waals surface area contributed by atoms with Gasteiger partial charge in [0.05, 0.1) is 30.0 Å². The summed E-state index contributed by atoms with van der Waals surface area (Å²) in [6.45, 7) is 5.13. The maximum absolute atomic E-state index is 10.3. The smallest absolute Gasteiger partial charge is 0.213 e. The molecule has 4 aromatic rings. The van der Waals surface area contributed by atoms with Crippen molar-refractivity contribution in [3.8, 4) is 23.2 Å². The maximum Gasteiger partial charge on any atom is 0.213 e. The summed E-state index contributed by atoms with van der Waals surface area (Å²) in [5.74, 6) is 0.570. The minimum atomic E-state index is -0.926. The lowest BCUT2D eigenvalue weighted by Gasteiger charge is -2.53. The second-order valence-corrected chi connectivity index (χ2v) is 11.1. The fourth-order valence-electron chi connectivity index (χ4n) is 5.81. The fraction of sp³-hybridized carbons (Fsp3) is 0.464. The number of pyridine rings is 1. The Morgan fingerprint density at radius 1 is 1.18 bits per heavy atom. The summed E-state index contributed by atoms with van der Waals surface area (Å²) in [6, 6.07) is 8.48. The lowest BCUT2D eigenvalue weighted by atomic mass is 9.82. The molecule has 10 nitrogen and oxygen atoms in total. The Balaban J connectivity index is 1.09. The molecule has 5 heterocycles. The third kappa shape index (κ3) is 4.52. The van der Waals surface area contributed by atoms with Gasteiger partial charge in [0.1, 0.15) is 23.6 Å². The van der Waals surface area contributed by atoms with E-state index in [0.717, 1.165) is 66.6 Å². The molecule has 0 bridgehead atoms. The molecule has 2 aliphatic rings. The molecule has 6 rings (SSSR count). The van der Waals surface area contributed by atoms with Crippen molar-refractivity contribution in [2.24, 2.45) is 0 Å². The van der Waals surface area contributed by atoms with Crippen molar-refractivity contribution in [3.63, 3.8) is 0 Å². The van der Waals surface area contributed by atoms with Gasteiger partial charge in [0.25, 0.3) is 0 Å². The number of hydrogen-bond donors (Lipinski definition) is 2. The molecular formula is C28H32N8O2. The van der Waals surface area contributed by atoms with Gasteiger partial charge in [-0.3, -0.25) is 9.58 Å². The number of aromatic nitrogens is 6. The van der Waals surface area contributed by atoms with Crippen LogP contribution in [0, 0.1) is 11.3 Å². The second-order valence-electron chi connectivity index (χ2n) is 11.1. The third-order valence-electron chi connectivity index (χ3n) is 7.99. The molecule has 0 spiro atoms. The summed E-state index contributed by atoms with van der Waals surface area (Å²) in [6.07, 6.45) is 13.5. The average molecular weight is 513 g/mol. The van der Waals surface area contributed by atoms with Gasteiger partial charge in [-0.2, -0.15) is 10.4 Å². The van der Waals surface area contributed by atoms with Crippen LogP contribution in [-0.2, 0) is 11.1 Å². The molecular weight excluding hydrogens is 480 g/mol. The van der Waals surface area contributed by atoms with Gasteiger partial charge < -0.3 is 14.8 Å². The van der Waals surface area contributed by atoms with Crippen molar-refractivity contribution < 1.29 is 9.84 Å². The minimum absolute atomic E-state index is 0.118. The zero-order valence-electron chi connectivity index (χ0n) is 21.7. The van der Waals surface area contributed by atoms with Crippen molar-refractivity contribution in [1.82, 2.24) is 34.6 Å². The molecule has 196 valence electrons. The standard InChI is InChI=1S/C28H32N8O2/c1-27(2,37)20-7-11-30-24(13-20)38-22-5-3-21(4-6-22)35-16-28(17-35,9-10-29)36-15-19(14-34-36)25-23-8-12-31-26(23)33-18-32-25/h7-8,11-15,18,21-22,37H,3-6,9,16-17H2,1-2H3,(H,31,32,33). The summed E-state index contributed by atoms with van der Waals surface area (Å²) >= 11 is 0. The first-order valence-corrected chi connectivity index (χ1v) is 13.1. The van der Waals surface area contributed by atoms with Gasteiger partial charge in [-0.05, 0) is 57.2 Å². The highest BCUT2D eigenvalue weighted by atomic mass is 16.5. The molecule has 38 heavy (non-hydrogen) atoms. The van der Waals surface area contributed by atoms with E-state index in [9.17, 15) is 10.4 Å². The molecule has 1 aliphatic heterocycles. The van der Waals surface area contributed by atoms with Gasteiger partial charge in [0.2, 0.25) is 5.88 Å². The highest BCUT2D eigenvalue weighted by Crippen LogP contribution is 2.38. The number of likely N-dealkylation sites (tertiary alicyclic amines) is 1. The van der Waals surface area contributed by atoms with E-state index in [-0.39, 0.29) is 11.6 Å². The Morgan fingerprint density at radius 3 is 2.76 bits per heavy atom. The zero-order valence-corrected chi connectivity index (χ0v) is 21.7. The maximum atomic E-state index is 10.3. The van der Waals surface area contributed by atoms with Gasteiger partial charge in [-0.1, -0.05) is 0 Å². The average Bonchev–Trinajstić information content (AvgIpc) is 3.56. The van der Waals surface area contributed by atoms with E-state index in [1.807, 2.05) is 41.5 Å². The molecule has 10 heteroatoms. The number of hydrogen-bond acceptors (Lipinski definition) is 8. The van der Waals surface area contributed by atoms with Crippen LogP contribution in [0.3, 0.4) is 0 Å². The fourth-order valence-corrected chi connectivity index (χ4v) is 5.81. The van der Waals surface area contributed by atoms with E-state index in [0.29, 0.717) is 18.3 Å². The first-order valence-electron chi connectivity index (χ1n) is 13.1. The van der Waals surface area contributed by atoms with Gasteiger partial charge >= 0.3 is 0 Å². The van der Waals surface area contributed by atoms with E-state index < -0.39 is 5.60 Å². The third-order valence-corrected chi connectivity index (χ3v) is 7.99. The molecule has 2 fully saturated rings. The summed E-state index contributed by atoms with van der Waals surface area (Å²) in [5, 5.41) is 25.6. The number of aromatic amines is 1. The van der Waals surface area contributed by atoms with Crippen LogP contribution in [0.5, 0.6) is 5.88 Å². The number of nitrogens with zero attached hydrogens (tertiary/aromatic N) is 7. The first-order chi connectivity index (χ1) is 18.3. The Labute approximate surface area is 221 Å². The van der Waals surface area contributed by atoms with Crippen molar-refractivity contribution in [2.75, 3.05) is 13.1 Å². The number of rotatable bonds is 7. The lowest BCUT2D eigenvalue weighted by molar-refractivity contribution is -0.0445. The number of nitrogens with one attached hydrogen (secondary N) is 1. The number of fused-ring (bicyclic) bond motifs is 1. The summed E-state index contributed by atoms with van der Waals surface area (Å²) < 4.78 is 8.15. The number of ether oxygens (including phenoxy) is 1. The van der Waals surface area contributed by atoms with Crippen LogP contribution in [0.2, 0.25) is 0 Å². The molecule has 0 atom stereocenters. The predicted octanol–water partition coefficient (Wildman–Crippen LogP) is 3.76. The lowest BCUT2D eigenvalue weighted by Crippen LogP contribution is -2.65. The van der Waals surface area contributed by atoms with E-state index in [1.54, 1.807) is 26.4 Å². The molecule has 0 aromatic carbocycles. The molecule has 1 saturated carbocycles. The highest BCUT2D eigenvalue weighted by Gasteiger charge is 2.48. The zero-order chi connectivity index (χ0) is 26.3. The molecule has 0 amide bonds. The normalized spacial score (nSPS) is 21.6. The highest BCUT2D eigenvalue weighted by molar-refractivity contribution is 5.89. The van der Waals surface area contributed by atoms with Crippen LogP contribution in [-0.4, -0.2) is 65.0 Å². The number of nitriles is 1. The summed E-state index contributed by atoms with van der Waals surface area (Å²) in [7, 11) is 0. The van der Waals surface area contributed by atoms with Crippen LogP contribution in [0.4, 0.5) is 0 Å². The van der Waals surface area contributed by atoms with Crippen LogP contribution < -0.4 is 4.74 Å². The van der Waals surface area contributed by atoms with Gasteiger partial charge in [0, 0.05) is 54.7 Å². The van der Waals surface area contributed by atoms with Gasteiger partial charge in [-0.25, -0.2) is 15.0 Å². The van der Waals surface area contributed by atoms with Gasteiger partial charge in [-0.15, -0.1) is 0 Å². The largest absolute Gasteiger partial charge is 0.474 e. The molecule has 1 saturated heterocycles. The van der Waals surface area contributed by atoms with Crippen LogP contribution in [0.15, 0.2) is 49.3 Å². The first kappa shape index (κ1) is 24.5. The topological polar surface area (TPSA) is 129 Å². The van der Waals surface area contributed by atoms with Gasteiger partial charge in [0.15, 0.2) is 0 Å². The van der Waals surface area contributed by atoms with Crippen molar-refractivity contribution >= 4 is 11.0 Å². The van der Waals surface area contributed by atoms with Crippen molar-refractivity contribution in [2.45, 2.75) is 69.2 Å². The van der Waals surface area contributed by atoms with E-state index in [4.69, 9.17) is 4.74 Å². The molecule has 4 aromatic heterocycles. The van der Waals surface area contributed by atoms with Crippen molar-refractivity contribution in [1.29, 1.82) is 5.26 Å². The van der Waals surface area contributed by atoms with E-state index in [1.165, 1.54) is 0 Å². The Kier molecular flexibility index (Phi) is 6.13. The van der Waals surface area contributed by atoms with Crippen LogP contribution in [0.1, 0.15) is 51.5 Å². The quantitative estimate of drug-likeness (QED) is 0.383. The molecule has 0 unspecified atom stereocenters. The van der Waals surface area contributed by atoms with Crippen LogP contribution >= 0.6 is 0 Å².